The SMILES string of the molecule is CNC(=O)c1cc(NCC(C)S(C)=O)ccn1. The lowest BCUT2D eigenvalue weighted by atomic mass is 10.3. The van der Waals surface area contributed by atoms with Gasteiger partial charge in [-0.3, -0.25) is 14.0 Å². The van der Waals surface area contributed by atoms with E-state index in [-0.39, 0.29) is 11.2 Å². The number of hydrogen-bond acceptors (Lipinski definition) is 4. The number of pyridine rings is 1. The summed E-state index contributed by atoms with van der Waals surface area (Å²) in [6, 6.07) is 3.45. The van der Waals surface area contributed by atoms with E-state index in [9.17, 15) is 9.00 Å². The zero-order chi connectivity index (χ0) is 12.8. The minimum Gasteiger partial charge on any atom is -0.384 e. The molecule has 1 amide bonds. The number of aromatic nitrogens is 1. The van der Waals surface area contributed by atoms with Gasteiger partial charge in [0.1, 0.15) is 5.69 Å². The highest BCUT2D eigenvalue weighted by atomic mass is 32.2. The molecule has 2 atom stereocenters. The van der Waals surface area contributed by atoms with Crippen molar-refractivity contribution < 1.29 is 9.00 Å². The van der Waals surface area contributed by atoms with Crippen molar-refractivity contribution in [3.63, 3.8) is 0 Å². The van der Waals surface area contributed by atoms with E-state index in [1.54, 1.807) is 31.6 Å². The van der Waals surface area contributed by atoms with Gasteiger partial charge in [0.25, 0.3) is 5.91 Å². The molecule has 1 aromatic rings. The lowest BCUT2D eigenvalue weighted by Crippen LogP contribution is -2.22. The van der Waals surface area contributed by atoms with Crippen molar-refractivity contribution in [3.8, 4) is 0 Å². The summed E-state index contributed by atoms with van der Waals surface area (Å²) in [6.45, 7) is 2.50. The number of rotatable bonds is 5. The van der Waals surface area contributed by atoms with Crippen molar-refractivity contribution in [3.05, 3.63) is 24.0 Å². The summed E-state index contributed by atoms with van der Waals surface area (Å²) in [5.41, 5.74) is 1.17. The number of nitrogens with zero attached hydrogens (tertiary/aromatic N) is 1. The zero-order valence-electron chi connectivity index (χ0n) is 10.2. The first kappa shape index (κ1) is 13.6. The van der Waals surface area contributed by atoms with Crippen LogP contribution in [-0.4, -0.2) is 40.2 Å². The number of amides is 1. The van der Waals surface area contributed by atoms with Crippen LogP contribution in [0, 0.1) is 0 Å². The van der Waals surface area contributed by atoms with Crippen molar-refractivity contribution in [2.24, 2.45) is 0 Å². The van der Waals surface area contributed by atoms with Crippen LogP contribution in [0.25, 0.3) is 0 Å². The highest BCUT2D eigenvalue weighted by Crippen LogP contribution is 2.08. The molecule has 1 aromatic heterocycles. The zero-order valence-corrected chi connectivity index (χ0v) is 11.0. The van der Waals surface area contributed by atoms with Crippen LogP contribution in [0.5, 0.6) is 0 Å². The molecular formula is C11H17N3O2S. The van der Waals surface area contributed by atoms with Gasteiger partial charge < -0.3 is 10.6 Å². The Hall–Kier alpha value is -1.43. The van der Waals surface area contributed by atoms with Crippen LogP contribution in [0.1, 0.15) is 17.4 Å². The molecule has 0 aliphatic carbocycles. The van der Waals surface area contributed by atoms with Gasteiger partial charge in [-0.2, -0.15) is 0 Å². The summed E-state index contributed by atoms with van der Waals surface area (Å²) >= 11 is 0. The van der Waals surface area contributed by atoms with Crippen molar-refractivity contribution in [1.29, 1.82) is 0 Å². The number of anilines is 1. The largest absolute Gasteiger partial charge is 0.384 e. The van der Waals surface area contributed by atoms with Gasteiger partial charge in [-0.05, 0) is 19.1 Å². The minimum atomic E-state index is -0.857. The third-order valence-corrected chi connectivity index (χ3v) is 3.68. The Kier molecular flexibility index (Phi) is 5.09. The molecule has 0 saturated heterocycles. The molecule has 0 aromatic carbocycles. The first-order valence-corrected chi connectivity index (χ1v) is 6.91. The van der Waals surface area contributed by atoms with E-state index < -0.39 is 10.8 Å². The lowest BCUT2D eigenvalue weighted by molar-refractivity contribution is 0.0958. The predicted octanol–water partition coefficient (Wildman–Crippen LogP) is 0.620. The second kappa shape index (κ2) is 6.34. The van der Waals surface area contributed by atoms with Crippen molar-refractivity contribution in [2.45, 2.75) is 12.2 Å². The molecule has 5 nitrogen and oxygen atoms in total. The summed E-state index contributed by atoms with van der Waals surface area (Å²) < 4.78 is 11.2. The fourth-order valence-corrected chi connectivity index (χ4v) is 1.49. The molecule has 0 aliphatic rings. The number of hydrogen-bond donors (Lipinski definition) is 2. The van der Waals surface area contributed by atoms with Crippen molar-refractivity contribution in [1.82, 2.24) is 10.3 Å². The molecule has 94 valence electrons. The molecule has 2 N–H and O–H groups in total. The standard InChI is InChI=1S/C11H17N3O2S/c1-8(17(3)16)7-14-9-4-5-13-10(6-9)11(15)12-2/h4-6,8H,7H2,1-3H3,(H,12,15)(H,13,14). The summed E-state index contributed by atoms with van der Waals surface area (Å²) in [5, 5.41) is 5.71. The van der Waals surface area contributed by atoms with E-state index in [0.29, 0.717) is 12.2 Å². The Morgan fingerprint density at radius 3 is 2.88 bits per heavy atom. The third-order valence-electron chi connectivity index (χ3n) is 2.38. The molecule has 6 heteroatoms. The summed E-state index contributed by atoms with van der Waals surface area (Å²) in [6.07, 6.45) is 3.25. The maximum Gasteiger partial charge on any atom is 0.269 e. The third kappa shape index (κ3) is 4.14. The van der Waals surface area contributed by atoms with Gasteiger partial charge in [-0.25, -0.2) is 0 Å². The van der Waals surface area contributed by atoms with E-state index in [0.717, 1.165) is 5.69 Å². The van der Waals surface area contributed by atoms with Gasteiger partial charge in [-0.1, -0.05) is 0 Å². The summed E-state index contributed by atoms with van der Waals surface area (Å²) in [7, 11) is 0.705. The highest BCUT2D eigenvalue weighted by molar-refractivity contribution is 7.84. The molecule has 0 spiro atoms. The normalized spacial score (nSPS) is 13.8. The number of carbonyl (C=O) groups is 1. The first-order chi connectivity index (χ1) is 8.04. The maximum atomic E-state index is 11.4. The van der Waals surface area contributed by atoms with E-state index in [1.807, 2.05) is 6.92 Å². The van der Waals surface area contributed by atoms with Crippen LogP contribution in [-0.2, 0) is 10.8 Å². The van der Waals surface area contributed by atoms with Crippen LogP contribution in [0.4, 0.5) is 5.69 Å². The second-order valence-electron chi connectivity index (χ2n) is 3.70. The molecule has 2 unspecified atom stereocenters. The van der Waals surface area contributed by atoms with Crippen molar-refractivity contribution in [2.75, 3.05) is 25.2 Å². The second-order valence-corrected chi connectivity index (χ2v) is 5.50. The Labute approximate surface area is 103 Å². The summed E-state index contributed by atoms with van der Waals surface area (Å²) in [5.74, 6) is -0.222. The molecular weight excluding hydrogens is 238 g/mol. The molecule has 1 rings (SSSR count). The number of carbonyl (C=O) groups excluding carboxylic acids is 1. The molecule has 0 radical (unpaired) electrons. The molecule has 17 heavy (non-hydrogen) atoms. The minimum absolute atomic E-state index is 0.0617. The lowest BCUT2D eigenvalue weighted by Gasteiger charge is -2.11. The van der Waals surface area contributed by atoms with Crippen LogP contribution in [0.15, 0.2) is 18.3 Å². The van der Waals surface area contributed by atoms with Crippen LogP contribution in [0.3, 0.4) is 0 Å². The average Bonchev–Trinajstić information content (AvgIpc) is 2.35. The summed E-state index contributed by atoms with van der Waals surface area (Å²) in [4.78, 5) is 15.3. The van der Waals surface area contributed by atoms with Gasteiger partial charge in [0.15, 0.2) is 0 Å². The monoisotopic (exact) mass is 255 g/mol. The maximum absolute atomic E-state index is 11.4. The van der Waals surface area contributed by atoms with Crippen LogP contribution >= 0.6 is 0 Å². The smallest absolute Gasteiger partial charge is 0.269 e. The molecule has 1 heterocycles. The van der Waals surface area contributed by atoms with E-state index in [2.05, 4.69) is 15.6 Å². The molecule has 0 saturated carbocycles. The highest BCUT2D eigenvalue weighted by Gasteiger charge is 2.08. The van der Waals surface area contributed by atoms with E-state index in [1.165, 1.54) is 0 Å². The van der Waals surface area contributed by atoms with Crippen LogP contribution < -0.4 is 10.6 Å². The van der Waals surface area contributed by atoms with Gasteiger partial charge in [0.05, 0.1) is 0 Å². The fourth-order valence-electron chi connectivity index (χ4n) is 1.17. The van der Waals surface area contributed by atoms with Gasteiger partial charge in [-0.15, -0.1) is 0 Å². The molecule has 0 fully saturated rings. The van der Waals surface area contributed by atoms with Gasteiger partial charge in [0.2, 0.25) is 0 Å². The first-order valence-electron chi connectivity index (χ1n) is 5.29. The van der Waals surface area contributed by atoms with Gasteiger partial charge in [0, 0.05) is 47.8 Å². The van der Waals surface area contributed by atoms with Crippen molar-refractivity contribution >= 4 is 22.4 Å². The Morgan fingerprint density at radius 1 is 1.59 bits per heavy atom. The Morgan fingerprint density at radius 2 is 2.29 bits per heavy atom. The topological polar surface area (TPSA) is 71.1 Å². The van der Waals surface area contributed by atoms with E-state index >= 15 is 0 Å². The number of nitrogens with one attached hydrogen (secondary N) is 2. The molecule has 0 aliphatic heterocycles. The Bertz CT molecular complexity index is 423. The molecule has 0 bridgehead atoms. The quantitative estimate of drug-likeness (QED) is 0.809. The predicted molar refractivity (Wildman–Crippen MR) is 69.6 cm³/mol. The van der Waals surface area contributed by atoms with E-state index in [4.69, 9.17) is 0 Å². The average molecular weight is 255 g/mol. The van der Waals surface area contributed by atoms with Gasteiger partial charge >= 0.3 is 0 Å². The van der Waals surface area contributed by atoms with Crippen LogP contribution in [0.2, 0.25) is 0 Å². The fraction of sp³-hybridized carbons (Fsp3) is 0.455. The Balaban J connectivity index is 2.66.